The number of thiazole rings is 1. The summed E-state index contributed by atoms with van der Waals surface area (Å²) in [6.45, 7) is 6.09. The molecular formula is C14H19N3S. The summed E-state index contributed by atoms with van der Waals surface area (Å²) < 4.78 is 2.24. The fourth-order valence-electron chi connectivity index (χ4n) is 2.06. The van der Waals surface area contributed by atoms with Gasteiger partial charge in [0.25, 0.3) is 0 Å². The van der Waals surface area contributed by atoms with Crippen LogP contribution in [0.15, 0.2) is 5.38 Å². The molecule has 0 aliphatic rings. The van der Waals surface area contributed by atoms with E-state index in [1.807, 2.05) is 0 Å². The van der Waals surface area contributed by atoms with Gasteiger partial charge in [-0.25, -0.2) is 4.98 Å². The van der Waals surface area contributed by atoms with Gasteiger partial charge in [0.1, 0.15) is 0 Å². The maximum Gasteiger partial charge on any atom is 0.194 e. The van der Waals surface area contributed by atoms with E-state index in [2.05, 4.69) is 39.8 Å². The molecule has 0 saturated carbocycles. The Hall–Kier alpha value is -1.31. The molecule has 0 bridgehead atoms. The van der Waals surface area contributed by atoms with E-state index >= 15 is 0 Å². The van der Waals surface area contributed by atoms with E-state index in [0.29, 0.717) is 0 Å². The molecule has 96 valence electrons. The molecule has 2 rings (SSSR count). The Morgan fingerprint density at radius 1 is 1.44 bits per heavy atom. The zero-order valence-electron chi connectivity index (χ0n) is 11.0. The Morgan fingerprint density at radius 3 is 3.06 bits per heavy atom. The van der Waals surface area contributed by atoms with E-state index in [-0.39, 0.29) is 0 Å². The third kappa shape index (κ3) is 2.74. The molecule has 0 aliphatic carbocycles. The second kappa shape index (κ2) is 6.03. The molecule has 0 spiro atoms. The summed E-state index contributed by atoms with van der Waals surface area (Å²) in [5.74, 6) is 2.67. The molecule has 4 heteroatoms. The van der Waals surface area contributed by atoms with Crippen LogP contribution in [-0.4, -0.2) is 15.9 Å². The lowest BCUT2D eigenvalue weighted by Crippen LogP contribution is -2.16. The van der Waals surface area contributed by atoms with Crippen molar-refractivity contribution < 1.29 is 0 Å². The summed E-state index contributed by atoms with van der Waals surface area (Å²) in [6.07, 6.45) is 8.33. The second-order valence-electron chi connectivity index (χ2n) is 4.48. The maximum absolute atomic E-state index is 5.23. The minimum atomic E-state index is 0.876. The number of rotatable bonds is 6. The van der Waals surface area contributed by atoms with Crippen molar-refractivity contribution in [2.45, 2.75) is 39.7 Å². The number of aromatic nitrogens is 2. The highest BCUT2D eigenvalue weighted by atomic mass is 32.1. The predicted molar refractivity (Wildman–Crippen MR) is 76.9 cm³/mol. The molecule has 3 nitrogen and oxygen atoms in total. The maximum atomic E-state index is 5.23. The van der Waals surface area contributed by atoms with Crippen molar-refractivity contribution in [3.63, 3.8) is 0 Å². The topological polar surface area (TPSA) is 29.3 Å². The predicted octanol–water partition coefficient (Wildman–Crippen LogP) is 2.91. The van der Waals surface area contributed by atoms with Crippen LogP contribution in [0.4, 0.5) is 0 Å². The van der Waals surface area contributed by atoms with Crippen LogP contribution in [0.1, 0.15) is 36.3 Å². The average Bonchev–Trinajstić information content (AvgIpc) is 2.85. The quantitative estimate of drug-likeness (QED) is 0.640. The Balaban J connectivity index is 1.93. The van der Waals surface area contributed by atoms with Gasteiger partial charge in [0, 0.05) is 24.0 Å². The monoisotopic (exact) mass is 261 g/mol. The zero-order valence-corrected chi connectivity index (χ0v) is 11.8. The van der Waals surface area contributed by atoms with Gasteiger partial charge in [-0.05, 0) is 33.2 Å². The number of aryl methyl sites for hydroxylation is 2. The van der Waals surface area contributed by atoms with E-state index in [1.54, 1.807) is 11.3 Å². The van der Waals surface area contributed by atoms with Gasteiger partial charge in [0.05, 0.1) is 11.4 Å². The summed E-state index contributed by atoms with van der Waals surface area (Å²) in [4.78, 5) is 5.67. The summed E-state index contributed by atoms with van der Waals surface area (Å²) in [5.41, 5.74) is 3.67. The molecule has 0 amide bonds. The number of hydrogen-bond donors (Lipinski definition) is 1. The number of unbranched alkanes of at least 4 members (excludes halogenated alkanes) is 2. The van der Waals surface area contributed by atoms with Gasteiger partial charge >= 0.3 is 0 Å². The highest BCUT2D eigenvalue weighted by molar-refractivity contribution is 7.15. The van der Waals surface area contributed by atoms with Gasteiger partial charge in [-0.2, -0.15) is 0 Å². The largest absolute Gasteiger partial charge is 0.311 e. The third-order valence-corrected chi connectivity index (χ3v) is 3.99. The van der Waals surface area contributed by atoms with E-state index < -0.39 is 0 Å². The molecule has 0 atom stereocenters. The normalized spacial score (nSPS) is 10.9. The van der Waals surface area contributed by atoms with Crippen molar-refractivity contribution in [1.29, 1.82) is 0 Å². The van der Waals surface area contributed by atoms with Gasteiger partial charge in [-0.3, -0.25) is 4.40 Å². The van der Waals surface area contributed by atoms with Crippen molar-refractivity contribution in [2.75, 3.05) is 6.54 Å². The van der Waals surface area contributed by atoms with E-state index in [1.165, 1.54) is 11.4 Å². The lowest BCUT2D eigenvalue weighted by atomic mass is 10.2. The molecule has 0 unspecified atom stereocenters. The standard InChI is InChI=1S/C14H19N3S/c1-4-5-6-7-8-15-9-13-12(3)16-14-17(13)11(2)10-18-14/h1,10,15H,5-9H2,2-3H3. The van der Waals surface area contributed by atoms with Crippen LogP contribution in [0, 0.1) is 26.2 Å². The zero-order chi connectivity index (χ0) is 13.0. The second-order valence-corrected chi connectivity index (χ2v) is 5.31. The van der Waals surface area contributed by atoms with Crippen LogP contribution in [-0.2, 0) is 6.54 Å². The number of nitrogens with one attached hydrogen (secondary N) is 1. The lowest BCUT2D eigenvalue weighted by molar-refractivity contribution is 0.618. The Morgan fingerprint density at radius 2 is 2.28 bits per heavy atom. The first-order valence-corrected chi connectivity index (χ1v) is 7.18. The fraction of sp³-hybridized carbons (Fsp3) is 0.500. The number of fused-ring (bicyclic) bond motifs is 1. The molecule has 18 heavy (non-hydrogen) atoms. The van der Waals surface area contributed by atoms with Gasteiger partial charge in [0.2, 0.25) is 0 Å². The summed E-state index contributed by atoms with van der Waals surface area (Å²) in [6, 6.07) is 0. The summed E-state index contributed by atoms with van der Waals surface area (Å²) >= 11 is 1.70. The molecule has 0 aliphatic heterocycles. The number of terminal acetylenes is 1. The SMILES string of the molecule is C#CCCCCNCc1c(C)nc2scc(C)n12. The van der Waals surface area contributed by atoms with Crippen LogP contribution in [0.25, 0.3) is 4.96 Å². The minimum absolute atomic E-state index is 0.876. The number of hydrogen-bond acceptors (Lipinski definition) is 3. The highest BCUT2D eigenvalue weighted by Gasteiger charge is 2.11. The molecule has 2 aromatic rings. The highest BCUT2D eigenvalue weighted by Crippen LogP contribution is 2.20. The Kier molecular flexibility index (Phi) is 4.40. The third-order valence-electron chi connectivity index (χ3n) is 3.05. The molecule has 2 aromatic heterocycles. The van der Waals surface area contributed by atoms with Crippen LogP contribution in [0.3, 0.4) is 0 Å². The molecule has 0 aromatic carbocycles. The summed E-state index contributed by atoms with van der Waals surface area (Å²) in [7, 11) is 0. The van der Waals surface area contributed by atoms with E-state index in [9.17, 15) is 0 Å². The molecule has 0 fully saturated rings. The Labute approximate surface area is 112 Å². The van der Waals surface area contributed by atoms with Gasteiger partial charge in [0.15, 0.2) is 4.96 Å². The lowest BCUT2D eigenvalue weighted by Gasteiger charge is -2.05. The molecule has 0 radical (unpaired) electrons. The van der Waals surface area contributed by atoms with Crippen molar-refractivity contribution >= 4 is 16.3 Å². The van der Waals surface area contributed by atoms with Gasteiger partial charge in [-0.15, -0.1) is 23.7 Å². The van der Waals surface area contributed by atoms with E-state index in [0.717, 1.165) is 43.0 Å². The summed E-state index contributed by atoms with van der Waals surface area (Å²) in [5, 5.41) is 5.62. The molecular weight excluding hydrogens is 242 g/mol. The van der Waals surface area contributed by atoms with Crippen LogP contribution < -0.4 is 5.32 Å². The van der Waals surface area contributed by atoms with Crippen molar-refractivity contribution in [1.82, 2.24) is 14.7 Å². The number of imidazole rings is 1. The van der Waals surface area contributed by atoms with Crippen LogP contribution in [0.2, 0.25) is 0 Å². The van der Waals surface area contributed by atoms with Crippen LogP contribution >= 0.6 is 11.3 Å². The first kappa shape index (κ1) is 13.1. The smallest absolute Gasteiger partial charge is 0.194 e. The fourth-order valence-corrected chi connectivity index (χ4v) is 2.99. The van der Waals surface area contributed by atoms with Gasteiger partial charge in [-0.1, -0.05) is 0 Å². The molecule has 0 saturated heterocycles. The molecule has 1 N–H and O–H groups in total. The van der Waals surface area contributed by atoms with Crippen LogP contribution in [0.5, 0.6) is 0 Å². The van der Waals surface area contributed by atoms with Crippen molar-refractivity contribution in [3.05, 3.63) is 22.5 Å². The van der Waals surface area contributed by atoms with Crippen molar-refractivity contribution in [3.8, 4) is 12.3 Å². The first-order chi connectivity index (χ1) is 8.74. The number of nitrogens with zero attached hydrogens (tertiary/aromatic N) is 2. The minimum Gasteiger partial charge on any atom is -0.311 e. The average molecular weight is 261 g/mol. The van der Waals surface area contributed by atoms with E-state index in [4.69, 9.17) is 6.42 Å². The van der Waals surface area contributed by atoms with Gasteiger partial charge < -0.3 is 5.32 Å². The molecule has 2 heterocycles. The van der Waals surface area contributed by atoms with Crippen molar-refractivity contribution in [2.24, 2.45) is 0 Å². The Bertz CT molecular complexity index is 559. The first-order valence-electron chi connectivity index (χ1n) is 6.30.